The number of hydrogen-bond donors (Lipinski definition) is 2. The van der Waals surface area contributed by atoms with Gasteiger partial charge in [0.25, 0.3) is 0 Å². The van der Waals surface area contributed by atoms with Crippen molar-refractivity contribution in [3.05, 3.63) is 23.8 Å². The number of methoxy groups -OCH3 is 1. The molecule has 2 N–H and O–H groups in total. The van der Waals surface area contributed by atoms with Crippen LogP contribution in [0.1, 0.15) is 40.2 Å². The third-order valence-corrected chi connectivity index (χ3v) is 4.62. The number of alkyl carbamates (subject to hydrolysis) is 1. The average Bonchev–Trinajstić information content (AvgIpc) is 2.42. The van der Waals surface area contributed by atoms with E-state index >= 15 is 0 Å². The van der Waals surface area contributed by atoms with Gasteiger partial charge in [0.2, 0.25) is 10.0 Å². The molecule has 0 aliphatic heterocycles. The summed E-state index contributed by atoms with van der Waals surface area (Å²) >= 11 is 0. The summed E-state index contributed by atoms with van der Waals surface area (Å²) < 4.78 is 37.7. The molecule has 8 heteroatoms. The fourth-order valence-electron chi connectivity index (χ4n) is 2.00. The molecule has 0 bridgehead atoms. The lowest BCUT2D eigenvalue weighted by Crippen LogP contribution is -2.52. The van der Waals surface area contributed by atoms with Crippen molar-refractivity contribution >= 4 is 16.1 Å². The number of carbonyl (C=O) groups is 1. The van der Waals surface area contributed by atoms with Gasteiger partial charge in [-0.25, -0.2) is 17.9 Å². The lowest BCUT2D eigenvalue weighted by atomic mass is 10.1. The van der Waals surface area contributed by atoms with E-state index in [9.17, 15) is 13.2 Å². The van der Waals surface area contributed by atoms with Crippen LogP contribution in [0.5, 0.6) is 5.75 Å². The summed E-state index contributed by atoms with van der Waals surface area (Å²) in [6.45, 7) is 10.5. The molecule has 0 fully saturated rings. The summed E-state index contributed by atoms with van der Waals surface area (Å²) in [6.07, 6.45) is -0.600. The molecule has 1 aromatic carbocycles. The maximum Gasteiger partial charge on any atom is 0.408 e. The fourth-order valence-corrected chi connectivity index (χ4v) is 3.30. The van der Waals surface area contributed by atoms with Crippen molar-refractivity contribution in [1.82, 2.24) is 10.0 Å². The highest BCUT2D eigenvalue weighted by Gasteiger charge is 2.27. The van der Waals surface area contributed by atoms with Gasteiger partial charge < -0.3 is 14.8 Å². The number of amides is 1. The van der Waals surface area contributed by atoms with E-state index in [1.807, 2.05) is 0 Å². The van der Waals surface area contributed by atoms with E-state index in [4.69, 9.17) is 9.47 Å². The lowest BCUT2D eigenvalue weighted by molar-refractivity contribution is 0.0474. The minimum absolute atomic E-state index is 0.0135. The Labute approximate surface area is 150 Å². The van der Waals surface area contributed by atoms with Crippen molar-refractivity contribution in [2.45, 2.75) is 57.6 Å². The van der Waals surface area contributed by atoms with Gasteiger partial charge in [-0.1, -0.05) is 0 Å². The highest BCUT2D eigenvalue weighted by molar-refractivity contribution is 7.89. The Morgan fingerprint density at radius 1 is 1.16 bits per heavy atom. The topological polar surface area (TPSA) is 93.7 Å². The third kappa shape index (κ3) is 6.91. The molecule has 1 rings (SSSR count). The predicted molar refractivity (Wildman–Crippen MR) is 96.4 cm³/mol. The number of rotatable bonds is 6. The van der Waals surface area contributed by atoms with Crippen molar-refractivity contribution in [2.75, 3.05) is 13.7 Å². The van der Waals surface area contributed by atoms with E-state index < -0.39 is 27.3 Å². The van der Waals surface area contributed by atoms with Crippen LogP contribution in [0, 0.1) is 6.92 Å². The van der Waals surface area contributed by atoms with Crippen LogP contribution in [0.2, 0.25) is 0 Å². The fraction of sp³-hybridized carbons (Fsp3) is 0.588. The van der Waals surface area contributed by atoms with Crippen molar-refractivity contribution in [3.8, 4) is 5.75 Å². The second kappa shape index (κ2) is 7.61. The minimum Gasteiger partial charge on any atom is -0.496 e. The van der Waals surface area contributed by atoms with Gasteiger partial charge in [-0.05, 0) is 65.3 Å². The zero-order valence-corrected chi connectivity index (χ0v) is 16.7. The second-order valence-corrected chi connectivity index (χ2v) is 9.23. The van der Waals surface area contributed by atoms with E-state index in [-0.39, 0.29) is 11.4 Å². The molecule has 0 radical (unpaired) electrons. The molecule has 0 atom stereocenters. The molecule has 0 saturated carbocycles. The van der Waals surface area contributed by atoms with Gasteiger partial charge in [0.05, 0.1) is 17.5 Å². The summed E-state index contributed by atoms with van der Waals surface area (Å²) in [5.74, 6) is 0.617. The molecule has 25 heavy (non-hydrogen) atoms. The third-order valence-electron chi connectivity index (χ3n) is 3.22. The molecule has 1 aromatic rings. The van der Waals surface area contributed by atoms with E-state index in [2.05, 4.69) is 10.0 Å². The Balaban J connectivity index is 2.77. The predicted octanol–water partition coefficient (Wildman–Crippen LogP) is 2.59. The number of nitrogens with one attached hydrogen (secondary N) is 2. The molecular formula is C17H28N2O5S. The van der Waals surface area contributed by atoms with Crippen molar-refractivity contribution in [3.63, 3.8) is 0 Å². The van der Waals surface area contributed by atoms with Gasteiger partial charge in [0.1, 0.15) is 11.4 Å². The van der Waals surface area contributed by atoms with Crippen molar-refractivity contribution in [2.24, 2.45) is 0 Å². The normalized spacial score (nSPS) is 12.6. The highest BCUT2D eigenvalue weighted by atomic mass is 32.2. The van der Waals surface area contributed by atoms with Crippen LogP contribution in [0.4, 0.5) is 4.79 Å². The van der Waals surface area contributed by atoms with E-state index in [1.165, 1.54) is 19.2 Å². The summed E-state index contributed by atoms with van der Waals surface area (Å²) in [5, 5.41) is 2.66. The molecule has 0 unspecified atom stereocenters. The van der Waals surface area contributed by atoms with E-state index in [0.717, 1.165) is 5.56 Å². The number of hydrogen-bond acceptors (Lipinski definition) is 5. The van der Waals surface area contributed by atoms with Gasteiger partial charge in [0.15, 0.2) is 0 Å². The van der Waals surface area contributed by atoms with Gasteiger partial charge in [-0.3, -0.25) is 0 Å². The van der Waals surface area contributed by atoms with Crippen molar-refractivity contribution in [1.29, 1.82) is 0 Å². The Morgan fingerprint density at radius 3 is 2.24 bits per heavy atom. The molecule has 0 heterocycles. The largest absolute Gasteiger partial charge is 0.496 e. The summed E-state index contributed by atoms with van der Waals surface area (Å²) in [5.41, 5.74) is -0.728. The summed E-state index contributed by atoms with van der Waals surface area (Å²) in [6, 6.07) is 4.62. The van der Waals surface area contributed by atoms with Crippen LogP contribution in [0.25, 0.3) is 0 Å². The SMILES string of the molecule is COc1ccc(S(=O)(=O)NCC(C)(C)NC(=O)OC(C)(C)C)cc1C. The maximum atomic E-state index is 12.4. The standard InChI is InChI=1S/C17H28N2O5S/c1-12-10-13(8-9-14(12)23-7)25(21,22)18-11-17(5,6)19-15(20)24-16(2,3)4/h8-10,18H,11H2,1-7H3,(H,19,20). The van der Waals surface area contributed by atoms with E-state index in [0.29, 0.717) is 5.75 Å². The Kier molecular flexibility index (Phi) is 6.47. The smallest absolute Gasteiger partial charge is 0.408 e. The molecule has 0 saturated heterocycles. The van der Waals surface area contributed by atoms with Crippen LogP contribution in [0.3, 0.4) is 0 Å². The molecule has 7 nitrogen and oxygen atoms in total. The molecule has 0 aromatic heterocycles. The van der Waals surface area contributed by atoms with Crippen LogP contribution >= 0.6 is 0 Å². The minimum atomic E-state index is -3.71. The highest BCUT2D eigenvalue weighted by Crippen LogP contribution is 2.21. The van der Waals surface area contributed by atoms with Gasteiger partial charge in [-0.15, -0.1) is 0 Å². The van der Waals surface area contributed by atoms with Crippen LogP contribution in [-0.2, 0) is 14.8 Å². The Morgan fingerprint density at radius 2 is 1.76 bits per heavy atom. The number of ether oxygens (including phenoxy) is 2. The zero-order valence-electron chi connectivity index (χ0n) is 15.9. The van der Waals surface area contributed by atoms with Gasteiger partial charge >= 0.3 is 6.09 Å². The van der Waals surface area contributed by atoms with Gasteiger partial charge in [0, 0.05) is 6.54 Å². The first kappa shape index (κ1) is 21.2. The van der Waals surface area contributed by atoms with Crippen LogP contribution in [0.15, 0.2) is 23.1 Å². The monoisotopic (exact) mass is 372 g/mol. The van der Waals surface area contributed by atoms with Gasteiger partial charge in [-0.2, -0.15) is 0 Å². The number of sulfonamides is 1. The van der Waals surface area contributed by atoms with Crippen molar-refractivity contribution < 1.29 is 22.7 Å². The number of aryl methyl sites for hydroxylation is 1. The first-order chi connectivity index (χ1) is 11.3. The summed E-state index contributed by atoms with van der Waals surface area (Å²) in [4.78, 5) is 12.0. The lowest BCUT2D eigenvalue weighted by Gasteiger charge is -2.28. The number of benzene rings is 1. The Bertz CT molecular complexity index is 721. The quantitative estimate of drug-likeness (QED) is 0.800. The molecule has 1 amide bonds. The Hall–Kier alpha value is -1.80. The molecule has 0 aliphatic carbocycles. The number of carbonyl (C=O) groups excluding carboxylic acids is 1. The van der Waals surface area contributed by atoms with Crippen LogP contribution < -0.4 is 14.8 Å². The zero-order chi connectivity index (χ0) is 19.5. The molecule has 0 spiro atoms. The van der Waals surface area contributed by atoms with Crippen LogP contribution in [-0.4, -0.2) is 39.3 Å². The average molecular weight is 372 g/mol. The second-order valence-electron chi connectivity index (χ2n) is 7.47. The molecule has 142 valence electrons. The maximum absolute atomic E-state index is 12.4. The molecule has 0 aliphatic rings. The first-order valence-corrected chi connectivity index (χ1v) is 9.39. The molecular weight excluding hydrogens is 344 g/mol. The van der Waals surface area contributed by atoms with E-state index in [1.54, 1.807) is 47.6 Å². The first-order valence-electron chi connectivity index (χ1n) is 7.91. The summed E-state index contributed by atoms with van der Waals surface area (Å²) in [7, 11) is -2.18.